The summed E-state index contributed by atoms with van der Waals surface area (Å²) in [7, 11) is 0. The fraction of sp³-hybridized carbons (Fsp3) is 0.304. The normalized spacial score (nSPS) is 15.3. The van der Waals surface area contributed by atoms with Crippen molar-refractivity contribution in [1.29, 1.82) is 0 Å². The van der Waals surface area contributed by atoms with Crippen LogP contribution in [0.2, 0.25) is 0 Å². The van der Waals surface area contributed by atoms with Crippen molar-refractivity contribution < 1.29 is 14.0 Å². The molecule has 0 aliphatic heterocycles. The predicted octanol–water partition coefficient (Wildman–Crippen LogP) is 4.51. The SMILES string of the molecule is O=C(NC1CCCCC1)[C@H](c1ccccc1)N(C(=O)c1csnn1)c1cccc(F)c1. The highest BCUT2D eigenvalue weighted by molar-refractivity contribution is 7.03. The van der Waals surface area contributed by atoms with Gasteiger partial charge in [0, 0.05) is 17.1 Å². The summed E-state index contributed by atoms with van der Waals surface area (Å²) in [5.41, 5.74) is 1.03. The lowest BCUT2D eigenvalue weighted by molar-refractivity contribution is -0.123. The zero-order chi connectivity index (χ0) is 21.6. The molecule has 1 aliphatic carbocycles. The Labute approximate surface area is 184 Å². The lowest BCUT2D eigenvalue weighted by Gasteiger charge is -2.33. The van der Waals surface area contributed by atoms with Gasteiger partial charge in [-0.1, -0.05) is 60.1 Å². The lowest BCUT2D eigenvalue weighted by atomic mass is 9.94. The molecule has 1 fully saturated rings. The topological polar surface area (TPSA) is 75.2 Å². The number of amides is 2. The molecule has 1 saturated carbocycles. The zero-order valence-corrected chi connectivity index (χ0v) is 17.7. The summed E-state index contributed by atoms with van der Waals surface area (Å²) in [5, 5.41) is 8.53. The van der Waals surface area contributed by atoms with Gasteiger partial charge in [0.05, 0.1) is 0 Å². The molecule has 0 radical (unpaired) electrons. The number of benzene rings is 2. The van der Waals surface area contributed by atoms with E-state index in [9.17, 15) is 14.0 Å². The van der Waals surface area contributed by atoms with E-state index in [4.69, 9.17) is 0 Å². The fourth-order valence-corrected chi connectivity index (χ4v) is 4.40. The maximum atomic E-state index is 14.1. The van der Waals surface area contributed by atoms with Gasteiger partial charge in [0.1, 0.15) is 11.9 Å². The smallest absolute Gasteiger partial charge is 0.280 e. The van der Waals surface area contributed by atoms with E-state index in [1.807, 2.05) is 18.2 Å². The summed E-state index contributed by atoms with van der Waals surface area (Å²) in [4.78, 5) is 28.3. The van der Waals surface area contributed by atoms with Gasteiger partial charge in [0.2, 0.25) is 5.91 Å². The Morgan fingerprint density at radius 1 is 1.06 bits per heavy atom. The molecular formula is C23H23FN4O2S. The molecule has 160 valence electrons. The number of nitrogens with zero attached hydrogens (tertiary/aromatic N) is 3. The highest BCUT2D eigenvalue weighted by Gasteiger charge is 2.35. The number of carbonyl (C=O) groups excluding carboxylic acids is 2. The number of anilines is 1. The maximum absolute atomic E-state index is 14.1. The first-order chi connectivity index (χ1) is 15.1. The van der Waals surface area contributed by atoms with E-state index in [0.29, 0.717) is 5.56 Å². The molecular weight excluding hydrogens is 415 g/mol. The van der Waals surface area contributed by atoms with Crippen molar-refractivity contribution in [2.75, 3.05) is 4.90 Å². The van der Waals surface area contributed by atoms with Gasteiger partial charge in [-0.2, -0.15) is 0 Å². The molecule has 1 heterocycles. The molecule has 4 rings (SSSR count). The van der Waals surface area contributed by atoms with Crippen LogP contribution in [0.15, 0.2) is 60.0 Å². The third-order valence-corrected chi connectivity index (χ3v) is 5.96. The number of hydrogen-bond acceptors (Lipinski definition) is 5. The molecule has 3 aromatic rings. The minimum absolute atomic E-state index is 0.0675. The van der Waals surface area contributed by atoms with Crippen LogP contribution in [0.1, 0.15) is 54.2 Å². The van der Waals surface area contributed by atoms with Gasteiger partial charge in [-0.25, -0.2) is 4.39 Å². The minimum atomic E-state index is -0.973. The summed E-state index contributed by atoms with van der Waals surface area (Å²) in [6.07, 6.45) is 5.13. The molecule has 2 amide bonds. The monoisotopic (exact) mass is 438 g/mol. The third-order valence-electron chi connectivity index (χ3n) is 5.46. The third kappa shape index (κ3) is 4.96. The quantitative estimate of drug-likeness (QED) is 0.614. The van der Waals surface area contributed by atoms with Crippen LogP contribution in [-0.4, -0.2) is 27.4 Å². The Hall–Kier alpha value is -3.13. The van der Waals surface area contributed by atoms with Gasteiger partial charge in [-0.3, -0.25) is 14.5 Å². The molecule has 0 saturated heterocycles. The first kappa shape index (κ1) is 21.1. The van der Waals surface area contributed by atoms with E-state index in [0.717, 1.165) is 37.2 Å². The van der Waals surface area contributed by atoms with Crippen LogP contribution >= 0.6 is 11.5 Å². The second-order valence-corrected chi connectivity index (χ2v) is 8.21. The molecule has 8 heteroatoms. The van der Waals surface area contributed by atoms with Crippen LogP contribution in [0.4, 0.5) is 10.1 Å². The van der Waals surface area contributed by atoms with Crippen molar-refractivity contribution in [3.8, 4) is 0 Å². The van der Waals surface area contributed by atoms with Crippen molar-refractivity contribution in [3.63, 3.8) is 0 Å². The Morgan fingerprint density at radius 2 is 1.84 bits per heavy atom. The summed E-state index contributed by atoms with van der Waals surface area (Å²) in [5.74, 6) is -1.29. The Morgan fingerprint density at radius 3 is 2.52 bits per heavy atom. The van der Waals surface area contributed by atoms with Gasteiger partial charge in [0.15, 0.2) is 5.69 Å². The number of hydrogen-bond donors (Lipinski definition) is 1. The molecule has 2 aromatic carbocycles. The fourth-order valence-electron chi connectivity index (χ4n) is 3.97. The molecule has 0 unspecified atom stereocenters. The first-order valence-electron chi connectivity index (χ1n) is 10.3. The number of rotatable bonds is 6. The van der Waals surface area contributed by atoms with Crippen LogP contribution in [0, 0.1) is 5.82 Å². The van der Waals surface area contributed by atoms with E-state index in [1.54, 1.807) is 18.2 Å². The van der Waals surface area contributed by atoms with Crippen molar-refractivity contribution in [2.45, 2.75) is 44.2 Å². The molecule has 0 bridgehead atoms. The number of aromatic nitrogens is 2. The van der Waals surface area contributed by atoms with E-state index < -0.39 is 17.8 Å². The Kier molecular flexibility index (Phi) is 6.66. The van der Waals surface area contributed by atoms with Gasteiger partial charge < -0.3 is 5.32 Å². The zero-order valence-electron chi connectivity index (χ0n) is 16.9. The average molecular weight is 439 g/mol. The van der Waals surface area contributed by atoms with Crippen molar-refractivity contribution >= 4 is 29.0 Å². The van der Waals surface area contributed by atoms with Crippen molar-refractivity contribution in [3.05, 3.63) is 77.1 Å². The van der Waals surface area contributed by atoms with E-state index >= 15 is 0 Å². The minimum Gasteiger partial charge on any atom is -0.351 e. The lowest BCUT2D eigenvalue weighted by Crippen LogP contribution is -2.47. The molecule has 0 spiro atoms. The summed E-state index contributed by atoms with van der Waals surface area (Å²) >= 11 is 1.04. The summed E-state index contributed by atoms with van der Waals surface area (Å²) in [6, 6.07) is 13.8. The molecule has 6 nitrogen and oxygen atoms in total. The second-order valence-electron chi connectivity index (χ2n) is 7.60. The highest BCUT2D eigenvalue weighted by Crippen LogP contribution is 2.31. The maximum Gasteiger partial charge on any atom is 0.280 e. The second kappa shape index (κ2) is 9.78. The molecule has 1 atom stereocenters. The van der Waals surface area contributed by atoms with Crippen LogP contribution in [0.5, 0.6) is 0 Å². The Balaban J connectivity index is 1.77. The summed E-state index contributed by atoms with van der Waals surface area (Å²) in [6.45, 7) is 0. The van der Waals surface area contributed by atoms with Gasteiger partial charge in [-0.15, -0.1) is 5.10 Å². The highest BCUT2D eigenvalue weighted by atomic mass is 32.1. The van der Waals surface area contributed by atoms with Gasteiger partial charge in [0.25, 0.3) is 5.91 Å². The number of nitrogens with one attached hydrogen (secondary N) is 1. The molecule has 1 aliphatic rings. The van der Waals surface area contributed by atoms with Crippen molar-refractivity contribution in [2.24, 2.45) is 0 Å². The average Bonchev–Trinajstić information content (AvgIpc) is 3.33. The standard InChI is InChI=1S/C23H23FN4O2S/c24-17-10-7-13-19(14-17)28(23(30)20-15-31-27-26-20)21(16-8-3-1-4-9-16)22(29)25-18-11-5-2-6-12-18/h1,3-4,7-10,13-15,18,21H,2,5-6,11-12H2,(H,25,29)/t21-/m0/s1. The predicted molar refractivity (Wildman–Crippen MR) is 117 cm³/mol. The van der Waals surface area contributed by atoms with Crippen molar-refractivity contribution in [1.82, 2.24) is 14.9 Å². The van der Waals surface area contributed by atoms with Crippen LogP contribution < -0.4 is 10.2 Å². The number of halogens is 1. The first-order valence-corrected chi connectivity index (χ1v) is 11.2. The summed E-state index contributed by atoms with van der Waals surface area (Å²) < 4.78 is 17.9. The van der Waals surface area contributed by atoms with E-state index in [2.05, 4.69) is 14.9 Å². The van der Waals surface area contributed by atoms with Gasteiger partial charge in [-0.05, 0) is 48.1 Å². The Bertz CT molecular complexity index is 1020. The van der Waals surface area contributed by atoms with E-state index in [-0.39, 0.29) is 23.3 Å². The van der Waals surface area contributed by atoms with Crippen LogP contribution in [0.25, 0.3) is 0 Å². The van der Waals surface area contributed by atoms with E-state index in [1.165, 1.54) is 34.9 Å². The van der Waals surface area contributed by atoms with Crippen LogP contribution in [0.3, 0.4) is 0 Å². The van der Waals surface area contributed by atoms with Crippen LogP contribution in [-0.2, 0) is 4.79 Å². The van der Waals surface area contributed by atoms with Gasteiger partial charge >= 0.3 is 0 Å². The number of carbonyl (C=O) groups is 2. The molecule has 1 N–H and O–H groups in total. The molecule has 1 aromatic heterocycles. The largest absolute Gasteiger partial charge is 0.351 e. The molecule has 31 heavy (non-hydrogen) atoms.